The van der Waals surface area contributed by atoms with E-state index in [1.54, 1.807) is 0 Å². The van der Waals surface area contributed by atoms with Gasteiger partial charge in [-0.1, -0.05) is 60.7 Å². The second-order valence-electron chi connectivity index (χ2n) is 5.46. The monoisotopic (exact) mass is 287 g/mol. The quantitative estimate of drug-likeness (QED) is 0.613. The third kappa shape index (κ3) is 3.10. The van der Waals surface area contributed by atoms with Gasteiger partial charge in [0.15, 0.2) is 0 Å². The van der Waals surface area contributed by atoms with Gasteiger partial charge in [-0.05, 0) is 36.3 Å². The molecule has 0 spiro atoms. The molecule has 0 radical (unpaired) electrons. The van der Waals surface area contributed by atoms with Crippen molar-refractivity contribution in [2.75, 3.05) is 14.1 Å². The Morgan fingerprint density at radius 2 is 1.76 bits per heavy atom. The Balaban J connectivity index is 0.00000161. The Labute approximate surface area is 144 Å². The van der Waals surface area contributed by atoms with E-state index >= 15 is 0 Å². The minimum atomic E-state index is 0. The fraction of sp³-hybridized carbons (Fsp3) is 0.222. The van der Waals surface area contributed by atoms with Crippen molar-refractivity contribution in [1.29, 1.82) is 0 Å². The van der Waals surface area contributed by atoms with Gasteiger partial charge in [0.1, 0.15) is 0 Å². The topological polar surface area (TPSA) is 3.24 Å². The molecule has 21 heavy (non-hydrogen) atoms. The molecule has 1 nitrogen and oxygen atoms in total. The van der Waals surface area contributed by atoms with Gasteiger partial charge >= 0.3 is 18.9 Å². The molecule has 2 aromatic rings. The van der Waals surface area contributed by atoms with Gasteiger partial charge in [0.2, 0.25) is 0 Å². The second-order valence-corrected chi connectivity index (χ2v) is 5.93. The average Bonchev–Trinajstić information content (AvgIpc) is 2.85. The zero-order valence-electron chi connectivity index (χ0n) is 12.8. The van der Waals surface area contributed by atoms with Gasteiger partial charge in [0.05, 0.1) is 0 Å². The number of allylic oxidation sites excluding steroid dienone is 2. The van der Waals surface area contributed by atoms with Crippen LogP contribution in [0, 0.1) is 5.92 Å². The minimum Gasteiger partial charge on any atom is -0.783 e. The maximum Gasteiger partial charge on any atom is 1.00 e. The summed E-state index contributed by atoms with van der Waals surface area (Å²) in [7, 11) is 4.25. The molecule has 0 aliphatic heterocycles. The second kappa shape index (κ2) is 6.81. The largest absolute Gasteiger partial charge is 1.00 e. The zero-order valence-corrected chi connectivity index (χ0v) is 13.6. The van der Waals surface area contributed by atoms with Crippen molar-refractivity contribution < 1.29 is 18.9 Å². The van der Waals surface area contributed by atoms with Crippen LogP contribution in [0.2, 0.25) is 0 Å². The molecule has 3 heteroatoms. The van der Waals surface area contributed by atoms with Gasteiger partial charge in [-0.25, -0.2) is 0 Å². The van der Waals surface area contributed by atoms with Crippen LogP contribution in [0.4, 0.5) is 0 Å². The minimum absolute atomic E-state index is 0. The van der Waals surface area contributed by atoms with E-state index in [0.717, 1.165) is 4.91 Å². The van der Waals surface area contributed by atoms with Crippen LogP contribution >= 0.6 is 0 Å². The third-order valence-electron chi connectivity index (χ3n) is 3.95. The number of hydrogen-bond acceptors (Lipinski definition) is 2. The summed E-state index contributed by atoms with van der Waals surface area (Å²) in [5.41, 5.74) is 1.35. The van der Waals surface area contributed by atoms with E-state index < -0.39 is 0 Å². The molecule has 102 valence electrons. The Bertz CT molecular complexity index is 685. The van der Waals surface area contributed by atoms with Crippen molar-refractivity contribution in [1.82, 2.24) is 4.90 Å². The number of rotatable bonds is 3. The number of fused-ring (bicyclic) bond motifs is 1. The Hall–Kier alpha value is -1.04. The number of hydrogen-bond donors (Lipinski definition) is 0. The summed E-state index contributed by atoms with van der Waals surface area (Å²) in [5, 5.41) is 2.60. The van der Waals surface area contributed by atoms with Crippen LogP contribution in [-0.2, 0) is 12.6 Å². The van der Waals surface area contributed by atoms with Crippen LogP contribution in [0.15, 0.2) is 65.6 Å². The number of benzene rings is 2. The number of nitrogens with zero attached hydrogens (tertiary/aromatic N) is 1. The Kier molecular flexibility index (Phi) is 5.30. The van der Waals surface area contributed by atoms with Crippen LogP contribution in [0.1, 0.15) is 11.6 Å². The van der Waals surface area contributed by atoms with Gasteiger partial charge in [-0.3, -0.25) is 0 Å². The van der Waals surface area contributed by atoms with E-state index in [4.69, 9.17) is 12.6 Å². The molecule has 0 aromatic heterocycles. The molecule has 2 atom stereocenters. The molecule has 1 aliphatic carbocycles. The van der Waals surface area contributed by atoms with E-state index in [9.17, 15) is 0 Å². The van der Waals surface area contributed by atoms with Gasteiger partial charge in [-0.15, -0.1) is 0 Å². The summed E-state index contributed by atoms with van der Waals surface area (Å²) < 4.78 is 0. The molecule has 0 N–H and O–H groups in total. The van der Waals surface area contributed by atoms with Crippen LogP contribution in [0.3, 0.4) is 0 Å². The maximum absolute atomic E-state index is 5.51. The molecule has 1 unspecified atom stereocenters. The first kappa shape index (κ1) is 16.3. The van der Waals surface area contributed by atoms with Crippen LogP contribution in [-0.4, -0.2) is 19.0 Å². The fourth-order valence-electron chi connectivity index (χ4n) is 3.04. The van der Waals surface area contributed by atoms with Gasteiger partial charge < -0.3 is 17.5 Å². The molecule has 0 fully saturated rings. The SMILES string of the molecule is CN(C)[C@H](c1cccc2ccccc12)C1C=CC=C1[S-].[Li+]. The molecular weight excluding hydrogens is 269 g/mol. The predicted molar refractivity (Wildman–Crippen MR) is 88.5 cm³/mol. The van der Waals surface area contributed by atoms with Crippen LogP contribution in [0.25, 0.3) is 10.8 Å². The summed E-state index contributed by atoms with van der Waals surface area (Å²) in [6.45, 7) is 0. The molecule has 2 aromatic carbocycles. The molecular formula is C18H18LiNS. The van der Waals surface area contributed by atoms with Crippen molar-refractivity contribution in [2.24, 2.45) is 5.92 Å². The molecule has 0 saturated heterocycles. The van der Waals surface area contributed by atoms with Crippen molar-refractivity contribution in [2.45, 2.75) is 6.04 Å². The fourth-order valence-corrected chi connectivity index (χ4v) is 3.32. The van der Waals surface area contributed by atoms with Crippen molar-refractivity contribution >= 4 is 23.4 Å². The first-order chi connectivity index (χ1) is 9.68. The first-order valence-electron chi connectivity index (χ1n) is 6.88. The van der Waals surface area contributed by atoms with E-state index in [1.807, 2.05) is 6.08 Å². The van der Waals surface area contributed by atoms with E-state index in [2.05, 4.69) is 73.6 Å². The molecule has 3 rings (SSSR count). The van der Waals surface area contributed by atoms with E-state index in [0.29, 0.717) is 0 Å². The normalized spacial score (nSPS) is 18.6. The van der Waals surface area contributed by atoms with E-state index in [1.165, 1.54) is 16.3 Å². The van der Waals surface area contributed by atoms with Crippen LogP contribution in [0.5, 0.6) is 0 Å². The standard InChI is InChI=1S/C18H19NS.Li/c1-19(2)18(16-11-6-12-17(16)20)15-10-5-8-13-7-3-4-9-14(13)15;/h3-12,16,18,20H,1-2H3;/q;+1/p-1/t16?,18-;/m1./s1. The van der Waals surface area contributed by atoms with E-state index in [-0.39, 0.29) is 30.8 Å². The summed E-state index contributed by atoms with van der Waals surface area (Å²) in [6, 6.07) is 15.4. The van der Waals surface area contributed by atoms with Gasteiger partial charge in [-0.2, -0.15) is 4.91 Å². The molecule has 0 bridgehead atoms. The van der Waals surface area contributed by atoms with Gasteiger partial charge in [0, 0.05) is 6.04 Å². The Morgan fingerprint density at radius 3 is 2.43 bits per heavy atom. The molecule has 0 amide bonds. The summed E-state index contributed by atoms with van der Waals surface area (Å²) in [4.78, 5) is 3.29. The van der Waals surface area contributed by atoms with Crippen molar-refractivity contribution in [3.8, 4) is 0 Å². The smallest absolute Gasteiger partial charge is 0.783 e. The predicted octanol–water partition coefficient (Wildman–Crippen LogP) is 1.06. The van der Waals surface area contributed by atoms with Gasteiger partial charge in [0.25, 0.3) is 0 Å². The summed E-state index contributed by atoms with van der Waals surface area (Å²) >= 11 is 5.51. The third-order valence-corrected chi connectivity index (χ3v) is 4.35. The molecule has 0 heterocycles. The average molecular weight is 287 g/mol. The zero-order chi connectivity index (χ0) is 14.1. The molecule has 0 saturated carbocycles. The van der Waals surface area contributed by atoms with Crippen molar-refractivity contribution in [3.63, 3.8) is 0 Å². The van der Waals surface area contributed by atoms with Crippen molar-refractivity contribution in [3.05, 3.63) is 71.2 Å². The maximum atomic E-state index is 5.51. The summed E-state index contributed by atoms with van der Waals surface area (Å²) in [6.07, 6.45) is 6.34. The molecule has 1 aliphatic rings. The summed E-state index contributed by atoms with van der Waals surface area (Å²) in [5.74, 6) is 0.283. The first-order valence-corrected chi connectivity index (χ1v) is 7.29. The Morgan fingerprint density at radius 1 is 1.05 bits per heavy atom. The van der Waals surface area contributed by atoms with Crippen LogP contribution < -0.4 is 18.9 Å².